The van der Waals surface area contributed by atoms with Crippen LogP contribution in [0, 0.1) is 5.41 Å². The van der Waals surface area contributed by atoms with Crippen molar-refractivity contribution in [3.8, 4) is 0 Å². The number of carbonyl (C=O) groups excluding carboxylic acids is 1. The lowest BCUT2D eigenvalue weighted by Crippen LogP contribution is -2.50. The summed E-state index contributed by atoms with van der Waals surface area (Å²) in [6.07, 6.45) is 13.1. The molecular weight excluding hydrogens is 535 g/mol. The first-order valence-electron chi connectivity index (χ1n) is 12.0. The van der Waals surface area contributed by atoms with Crippen molar-refractivity contribution in [1.82, 2.24) is 10.6 Å². The van der Waals surface area contributed by atoms with E-state index in [1.165, 1.54) is 0 Å². The van der Waals surface area contributed by atoms with E-state index in [-0.39, 0.29) is 27.4 Å². The topological polar surface area (TPSA) is 78.4 Å². The molecule has 1 aliphatic rings. The largest absolute Gasteiger partial charge is 0.480 e. The lowest BCUT2D eigenvalue weighted by molar-refractivity contribution is -0.139. The number of rotatable bonds is 14. The molecule has 0 aliphatic heterocycles. The van der Waals surface area contributed by atoms with Crippen LogP contribution in [0.15, 0.2) is 54.3 Å². The van der Waals surface area contributed by atoms with E-state index < -0.39 is 17.9 Å². The first kappa shape index (κ1) is 30.4. The van der Waals surface area contributed by atoms with Crippen molar-refractivity contribution in [1.29, 1.82) is 0 Å². The molecule has 1 unspecified atom stereocenters. The molecule has 1 atom stereocenters. The van der Waals surface area contributed by atoms with E-state index in [1.807, 2.05) is 18.7 Å². The molecule has 0 radical (unpaired) electrons. The highest BCUT2D eigenvalue weighted by atomic mass is 35.5. The van der Waals surface area contributed by atoms with E-state index >= 15 is 0 Å². The molecule has 3 N–H and O–H groups in total. The Kier molecular flexibility index (Phi) is 12.5. The number of carbonyl (C=O) groups is 2. The van der Waals surface area contributed by atoms with Gasteiger partial charge in [0.25, 0.3) is 5.91 Å². The van der Waals surface area contributed by atoms with Crippen LogP contribution >= 0.6 is 47.2 Å². The van der Waals surface area contributed by atoms with Gasteiger partial charge in [0.1, 0.15) is 6.04 Å². The second-order valence-corrected chi connectivity index (χ2v) is 11.0. The summed E-state index contributed by atoms with van der Waals surface area (Å²) < 4.78 is 0. The van der Waals surface area contributed by atoms with Gasteiger partial charge < -0.3 is 15.7 Å². The minimum atomic E-state index is -0.968. The fraction of sp³-hybridized carbons (Fsp3) is 0.444. The van der Waals surface area contributed by atoms with Crippen LogP contribution in [0.4, 0.5) is 0 Å². The fourth-order valence-corrected chi connectivity index (χ4v) is 5.54. The molecule has 0 bridgehead atoms. The van der Waals surface area contributed by atoms with E-state index in [2.05, 4.69) is 23.5 Å². The number of carboxylic acid groups (broad SMARTS) is 1. The van der Waals surface area contributed by atoms with Gasteiger partial charge in [-0.15, -0.1) is 0 Å². The average molecular weight is 570 g/mol. The van der Waals surface area contributed by atoms with Crippen LogP contribution in [-0.4, -0.2) is 40.0 Å². The van der Waals surface area contributed by atoms with Crippen molar-refractivity contribution >= 4 is 64.0 Å². The molecule has 0 spiro atoms. The Morgan fingerprint density at radius 2 is 1.94 bits per heavy atom. The van der Waals surface area contributed by atoms with Gasteiger partial charge in [0.15, 0.2) is 0 Å². The van der Waals surface area contributed by atoms with Crippen LogP contribution in [0.3, 0.4) is 0 Å². The smallest absolute Gasteiger partial charge is 0.326 e. The maximum Gasteiger partial charge on any atom is 0.326 e. The summed E-state index contributed by atoms with van der Waals surface area (Å²) in [5, 5.41) is 16.4. The standard InChI is InChI=1S/C27H34Cl2N2O3S2/c1-4-18(11-12-19(5-2)30-24(32)23-20(28)9-6-10-21(23)29)17-22(25(33)34)31-26(35)27(13-7-14-27)15-8-16-36-3/h4,6,9-12,22H,1,5,7-8,13-17H2,2-3H3,(H,30,32)(H,31,35)(H,33,34)/b18-11+,19-12-. The highest BCUT2D eigenvalue weighted by Gasteiger charge is 2.41. The number of benzene rings is 1. The monoisotopic (exact) mass is 568 g/mol. The molecule has 196 valence electrons. The van der Waals surface area contributed by atoms with E-state index in [1.54, 1.807) is 36.4 Å². The molecule has 1 aliphatic carbocycles. The number of carboxylic acids is 1. The average Bonchev–Trinajstić information content (AvgIpc) is 2.81. The van der Waals surface area contributed by atoms with Crippen molar-refractivity contribution < 1.29 is 14.7 Å². The zero-order valence-electron chi connectivity index (χ0n) is 20.7. The molecule has 1 aromatic rings. The van der Waals surface area contributed by atoms with Gasteiger partial charge in [-0.25, -0.2) is 4.79 Å². The number of aliphatic carboxylic acids is 1. The third-order valence-corrected chi connectivity index (χ3v) is 8.32. The van der Waals surface area contributed by atoms with E-state index in [0.717, 1.165) is 37.9 Å². The lowest BCUT2D eigenvalue weighted by Gasteiger charge is -2.43. The number of hydrogen-bond acceptors (Lipinski definition) is 4. The summed E-state index contributed by atoms with van der Waals surface area (Å²) in [6.45, 7) is 5.74. The minimum absolute atomic E-state index is 0.0869. The molecule has 0 aromatic heterocycles. The van der Waals surface area contributed by atoms with Crippen molar-refractivity contribution in [2.45, 2.75) is 57.9 Å². The van der Waals surface area contributed by atoms with Crippen LogP contribution in [0.1, 0.15) is 62.2 Å². The normalized spacial score (nSPS) is 16.0. The summed E-state index contributed by atoms with van der Waals surface area (Å²) in [5.41, 5.74) is 1.46. The number of hydrogen-bond donors (Lipinski definition) is 3. The molecule has 2 rings (SSSR count). The van der Waals surface area contributed by atoms with Crippen LogP contribution in [0.2, 0.25) is 10.0 Å². The molecule has 36 heavy (non-hydrogen) atoms. The van der Waals surface area contributed by atoms with Gasteiger partial charge in [0, 0.05) is 17.5 Å². The van der Waals surface area contributed by atoms with Crippen molar-refractivity contribution in [3.05, 3.63) is 69.9 Å². The van der Waals surface area contributed by atoms with E-state index in [9.17, 15) is 14.7 Å². The maximum atomic E-state index is 12.7. The van der Waals surface area contributed by atoms with Gasteiger partial charge >= 0.3 is 5.97 Å². The number of amides is 1. The predicted octanol–water partition coefficient (Wildman–Crippen LogP) is 7.20. The number of allylic oxidation sites excluding steroid dienone is 4. The number of thioether (sulfide) groups is 1. The predicted molar refractivity (Wildman–Crippen MR) is 156 cm³/mol. The first-order chi connectivity index (χ1) is 17.2. The lowest BCUT2D eigenvalue weighted by atomic mass is 9.66. The van der Waals surface area contributed by atoms with Crippen LogP contribution < -0.4 is 10.6 Å². The molecule has 0 heterocycles. The Hall–Kier alpha value is -1.80. The summed E-state index contributed by atoms with van der Waals surface area (Å²) in [7, 11) is 0. The van der Waals surface area contributed by atoms with Crippen LogP contribution in [0.25, 0.3) is 0 Å². The zero-order valence-corrected chi connectivity index (χ0v) is 23.9. The molecule has 1 saturated carbocycles. The summed E-state index contributed by atoms with van der Waals surface area (Å²) >= 11 is 19.8. The SMILES string of the molecule is C=C/C(=C\C=C(\CC)NC(=O)c1c(Cl)cccc1Cl)CC(NC(=S)C1(CCCSC)CCC1)C(=O)O. The quantitative estimate of drug-likeness (QED) is 0.125. The molecule has 9 heteroatoms. The summed E-state index contributed by atoms with van der Waals surface area (Å²) in [5.74, 6) is -0.304. The van der Waals surface area contributed by atoms with Gasteiger partial charge in [0.2, 0.25) is 0 Å². The van der Waals surface area contributed by atoms with Gasteiger partial charge in [-0.3, -0.25) is 4.79 Å². The highest BCUT2D eigenvalue weighted by molar-refractivity contribution is 7.98. The van der Waals surface area contributed by atoms with Gasteiger partial charge in [-0.05, 0) is 67.9 Å². The van der Waals surface area contributed by atoms with Crippen molar-refractivity contribution in [2.75, 3.05) is 12.0 Å². The van der Waals surface area contributed by atoms with Crippen LogP contribution in [0.5, 0.6) is 0 Å². The van der Waals surface area contributed by atoms with Gasteiger partial charge in [0.05, 0.1) is 20.6 Å². The first-order valence-corrected chi connectivity index (χ1v) is 14.5. The van der Waals surface area contributed by atoms with E-state index in [0.29, 0.717) is 22.7 Å². The van der Waals surface area contributed by atoms with Gasteiger partial charge in [-0.1, -0.05) is 73.6 Å². The Bertz CT molecular complexity index is 1020. The molecule has 1 fully saturated rings. The highest BCUT2D eigenvalue weighted by Crippen LogP contribution is 2.46. The Labute approximate surface area is 233 Å². The number of nitrogens with one attached hydrogen (secondary N) is 2. The van der Waals surface area contributed by atoms with Crippen molar-refractivity contribution in [3.63, 3.8) is 0 Å². The molecule has 1 aromatic carbocycles. The molecular formula is C27H34Cl2N2O3S2. The summed E-state index contributed by atoms with van der Waals surface area (Å²) in [4.78, 5) is 25.4. The number of thiocarbonyl (C=S) groups is 1. The fourth-order valence-electron chi connectivity index (χ4n) is 4.09. The molecule has 5 nitrogen and oxygen atoms in total. The third-order valence-electron chi connectivity index (χ3n) is 6.44. The van der Waals surface area contributed by atoms with E-state index in [4.69, 9.17) is 35.4 Å². The summed E-state index contributed by atoms with van der Waals surface area (Å²) in [6, 6.07) is 4.02. The third kappa shape index (κ3) is 8.37. The van der Waals surface area contributed by atoms with Crippen LogP contribution in [-0.2, 0) is 4.79 Å². The second kappa shape index (κ2) is 14.8. The maximum absolute atomic E-state index is 12.7. The minimum Gasteiger partial charge on any atom is -0.480 e. The molecule has 0 saturated heterocycles. The van der Waals surface area contributed by atoms with Gasteiger partial charge in [-0.2, -0.15) is 11.8 Å². The Morgan fingerprint density at radius 1 is 1.28 bits per heavy atom. The zero-order chi connectivity index (χ0) is 26.7. The Morgan fingerprint density at radius 3 is 2.44 bits per heavy atom. The second-order valence-electron chi connectivity index (χ2n) is 8.84. The number of halogens is 2. The van der Waals surface area contributed by atoms with Crippen molar-refractivity contribution in [2.24, 2.45) is 5.41 Å². The Balaban J connectivity index is 2.12. The molecule has 1 amide bonds.